The van der Waals surface area contributed by atoms with Gasteiger partial charge in [-0.15, -0.1) is 0 Å². The molecule has 9 nitrogen and oxygen atoms in total. The Kier molecular flexibility index (Phi) is 8.01. The second kappa shape index (κ2) is 11.4. The Morgan fingerprint density at radius 1 is 1.00 bits per heavy atom. The van der Waals surface area contributed by atoms with Gasteiger partial charge in [-0.25, -0.2) is 9.59 Å². The summed E-state index contributed by atoms with van der Waals surface area (Å²) in [4.78, 5) is 37.6. The Morgan fingerprint density at radius 2 is 1.64 bits per heavy atom. The van der Waals surface area contributed by atoms with E-state index >= 15 is 0 Å². The summed E-state index contributed by atoms with van der Waals surface area (Å²) in [6, 6.07) is 21.8. The number of halogens is 1. The topological polar surface area (TPSA) is 131 Å². The van der Waals surface area contributed by atoms with Crippen molar-refractivity contribution in [2.24, 2.45) is 0 Å². The summed E-state index contributed by atoms with van der Waals surface area (Å²) in [6.45, 7) is 4.80. The van der Waals surface area contributed by atoms with Crippen molar-refractivity contribution in [1.82, 2.24) is 10.5 Å². The molecule has 3 N–H and O–H groups in total. The van der Waals surface area contributed by atoms with Gasteiger partial charge >= 0.3 is 12.1 Å². The molecule has 0 saturated heterocycles. The van der Waals surface area contributed by atoms with Crippen molar-refractivity contribution in [3.8, 4) is 11.3 Å². The van der Waals surface area contributed by atoms with Crippen molar-refractivity contribution >= 4 is 35.3 Å². The zero-order chi connectivity index (χ0) is 28.2. The molecule has 2 atom stereocenters. The third-order valence-corrected chi connectivity index (χ3v) is 6.61. The average Bonchev–Trinajstić information content (AvgIpc) is 3.28. The summed E-state index contributed by atoms with van der Waals surface area (Å²) >= 11 is 6.20. The van der Waals surface area contributed by atoms with Crippen LogP contribution in [0.15, 0.2) is 83.4 Å². The van der Waals surface area contributed by atoms with Crippen molar-refractivity contribution in [2.45, 2.75) is 32.4 Å². The first kappa shape index (κ1) is 27.4. The average molecular weight is 548 g/mol. The van der Waals surface area contributed by atoms with Gasteiger partial charge in [0.05, 0.1) is 0 Å². The summed E-state index contributed by atoms with van der Waals surface area (Å²) in [5.74, 6) is -1.50. The second-order valence-electron chi connectivity index (χ2n) is 8.99. The number of carboxylic acid groups (broad SMARTS) is 1. The largest absolute Gasteiger partial charge is 0.479 e. The number of hydrogen-bond donors (Lipinski definition) is 3. The van der Waals surface area contributed by atoms with Crippen LogP contribution in [0.3, 0.4) is 0 Å². The molecule has 0 bridgehead atoms. The summed E-state index contributed by atoms with van der Waals surface area (Å²) in [5, 5.41) is 19.5. The highest BCUT2D eigenvalue weighted by molar-refractivity contribution is 6.31. The van der Waals surface area contributed by atoms with E-state index < -0.39 is 29.6 Å². The molecule has 200 valence electrons. The van der Waals surface area contributed by atoms with Gasteiger partial charge < -0.3 is 19.7 Å². The Morgan fingerprint density at radius 3 is 2.28 bits per heavy atom. The number of ether oxygens (including phenoxy) is 1. The molecule has 3 aromatic carbocycles. The number of aryl methyl sites for hydroxylation is 1. The summed E-state index contributed by atoms with van der Waals surface area (Å²) in [7, 11) is 0. The molecule has 0 fully saturated rings. The molecule has 2 amide bonds. The normalized spacial score (nSPS) is 13.1. The number of carboxylic acids is 1. The zero-order valence-electron chi connectivity index (χ0n) is 21.4. The summed E-state index contributed by atoms with van der Waals surface area (Å²) in [5.41, 5.74) is 0.979. The van der Waals surface area contributed by atoms with E-state index in [2.05, 4.69) is 15.8 Å². The van der Waals surface area contributed by atoms with Crippen molar-refractivity contribution in [3.05, 3.63) is 106 Å². The lowest BCUT2D eigenvalue weighted by Crippen LogP contribution is -2.49. The molecule has 0 spiro atoms. The van der Waals surface area contributed by atoms with Gasteiger partial charge in [-0.2, -0.15) is 0 Å². The molecule has 4 rings (SSSR count). The van der Waals surface area contributed by atoms with Gasteiger partial charge in [0.2, 0.25) is 0 Å². The zero-order valence-corrected chi connectivity index (χ0v) is 22.2. The number of anilines is 1. The monoisotopic (exact) mass is 547 g/mol. The highest BCUT2D eigenvalue weighted by Crippen LogP contribution is 2.32. The third kappa shape index (κ3) is 5.94. The van der Waals surface area contributed by atoms with Crippen LogP contribution < -0.4 is 10.6 Å². The molecule has 4 aromatic rings. The number of aliphatic carboxylic acids is 1. The van der Waals surface area contributed by atoms with E-state index in [9.17, 15) is 19.5 Å². The van der Waals surface area contributed by atoms with E-state index in [1.807, 2.05) is 0 Å². The molecule has 39 heavy (non-hydrogen) atoms. The minimum atomic E-state index is -1.63. The summed E-state index contributed by atoms with van der Waals surface area (Å²) in [6.07, 6.45) is -1.33. The van der Waals surface area contributed by atoms with E-state index in [-0.39, 0.29) is 11.3 Å². The van der Waals surface area contributed by atoms with Crippen LogP contribution in [0, 0.1) is 6.92 Å². The maximum atomic E-state index is 13.0. The van der Waals surface area contributed by atoms with Crippen LogP contribution in [0.5, 0.6) is 0 Å². The van der Waals surface area contributed by atoms with Gasteiger partial charge in [0.25, 0.3) is 5.91 Å². The molecular weight excluding hydrogens is 522 g/mol. The fourth-order valence-corrected chi connectivity index (χ4v) is 4.26. The van der Waals surface area contributed by atoms with Crippen molar-refractivity contribution in [3.63, 3.8) is 0 Å². The lowest BCUT2D eigenvalue weighted by atomic mass is 9.91. The number of nitrogens with zero attached hydrogens (tertiary/aromatic N) is 1. The Labute approximate surface area is 229 Å². The van der Waals surface area contributed by atoms with Crippen LogP contribution >= 0.6 is 11.6 Å². The van der Waals surface area contributed by atoms with E-state index in [1.165, 1.54) is 19.1 Å². The molecular formula is C29H26ClN3O6. The van der Waals surface area contributed by atoms with Crippen molar-refractivity contribution in [1.29, 1.82) is 0 Å². The maximum absolute atomic E-state index is 13.0. The number of hydrogen-bond acceptors (Lipinski definition) is 6. The van der Waals surface area contributed by atoms with E-state index in [0.29, 0.717) is 33.1 Å². The number of benzene rings is 3. The molecule has 2 unspecified atom stereocenters. The first-order chi connectivity index (χ1) is 18.6. The SMILES string of the molecule is Cc1noc(-c2ccc(C(=O)NC(C)(C(=O)O)c3ccccc3)cc2)c1NC(=O)OC(C)c1ccccc1Cl. The lowest BCUT2D eigenvalue weighted by molar-refractivity contribution is -0.144. The Bertz CT molecular complexity index is 1500. The Balaban J connectivity index is 1.49. The van der Waals surface area contributed by atoms with Gasteiger partial charge in [0, 0.05) is 21.7 Å². The van der Waals surface area contributed by atoms with Gasteiger partial charge in [-0.3, -0.25) is 10.1 Å². The number of aromatic nitrogens is 1. The fourth-order valence-electron chi connectivity index (χ4n) is 3.97. The maximum Gasteiger partial charge on any atom is 0.412 e. The van der Waals surface area contributed by atoms with E-state index in [0.717, 1.165) is 0 Å². The number of nitrogens with one attached hydrogen (secondary N) is 2. The number of carbonyl (C=O) groups excluding carboxylic acids is 2. The molecule has 0 radical (unpaired) electrons. The van der Waals surface area contributed by atoms with Crippen LogP contribution in [0.25, 0.3) is 11.3 Å². The molecule has 1 heterocycles. The molecule has 10 heteroatoms. The standard InChI is InChI=1S/C29H26ClN3O6/c1-17-24(31-28(37)38-18(2)22-11-7-8-12-23(22)30)25(39-33-17)19-13-15-20(16-14-19)26(34)32-29(3,27(35)36)21-9-5-4-6-10-21/h4-16,18H,1-3H3,(H,31,37)(H,32,34)(H,35,36). The van der Waals surface area contributed by atoms with Gasteiger partial charge in [0.15, 0.2) is 11.3 Å². The van der Waals surface area contributed by atoms with E-state index in [4.69, 9.17) is 20.9 Å². The quantitative estimate of drug-likeness (QED) is 0.234. The Hall–Kier alpha value is -4.63. The van der Waals surface area contributed by atoms with Crippen LogP contribution in [-0.2, 0) is 15.1 Å². The van der Waals surface area contributed by atoms with Gasteiger partial charge in [-0.1, -0.05) is 77.4 Å². The van der Waals surface area contributed by atoms with Crippen LogP contribution in [-0.4, -0.2) is 28.2 Å². The van der Waals surface area contributed by atoms with Crippen LogP contribution in [0.4, 0.5) is 10.5 Å². The number of amides is 2. The lowest BCUT2D eigenvalue weighted by Gasteiger charge is -2.26. The fraction of sp³-hybridized carbons (Fsp3) is 0.172. The van der Waals surface area contributed by atoms with Gasteiger partial charge in [-0.05, 0) is 44.5 Å². The van der Waals surface area contributed by atoms with Crippen molar-refractivity contribution < 1.29 is 28.8 Å². The first-order valence-electron chi connectivity index (χ1n) is 12.0. The molecule has 0 aliphatic rings. The van der Waals surface area contributed by atoms with E-state index in [1.54, 1.807) is 80.6 Å². The van der Waals surface area contributed by atoms with Crippen molar-refractivity contribution in [2.75, 3.05) is 5.32 Å². The predicted octanol–water partition coefficient (Wildman–Crippen LogP) is 6.34. The third-order valence-electron chi connectivity index (χ3n) is 6.27. The van der Waals surface area contributed by atoms with Crippen LogP contribution in [0.1, 0.15) is 47.1 Å². The molecule has 0 aliphatic carbocycles. The summed E-state index contributed by atoms with van der Waals surface area (Å²) < 4.78 is 10.9. The molecule has 0 saturated carbocycles. The van der Waals surface area contributed by atoms with Crippen LogP contribution in [0.2, 0.25) is 5.02 Å². The minimum absolute atomic E-state index is 0.237. The molecule has 0 aliphatic heterocycles. The minimum Gasteiger partial charge on any atom is -0.479 e. The number of carbonyl (C=O) groups is 3. The molecule has 1 aromatic heterocycles. The number of rotatable bonds is 8. The first-order valence-corrected chi connectivity index (χ1v) is 12.4. The predicted molar refractivity (Wildman–Crippen MR) is 146 cm³/mol. The highest BCUT2D eigenvalue weighted by Gasteiger charge is 2.37. The highest BCUT2D eigenvalue weighted by atomic mass is 35.5. The smallest absolute Gasteiger partial charge is 0.412 e. The second-order valence-corrected chi connectivity index (χ2v) is 9.40. The van der Waals surface area contributed by atoms with Gasteiger partial charge in [0.1, 0.15) is 17.5 Å².